The van der Waals surface area contributed by atoms with Crippen LogP contribution in [0, 0.1) is 0 Å². The van der Waals surface area contributed by atoms with Gasteiger partial charge in [0.25, 0.3) is 5.91 Å². The molecule has 1 saturated heterocycles. The molecule has 0 spiro atoms. The molecule has 2 aromatic heterocycles. The first-order chi connectivity index (χ1) is 11.7. The van der Waals surface area contributed by atoms with Crippen LogP contribution in [0.4, 0.5) is 0 Å². The molecule has 1 fully saturated rings. The third-order valence-corrected chi connectivity index (χ3v) is 4.13. The predicted octanol–water partition coefficient (Wildman–Crippen LogP) is 3.17. The zero-order valence-electron chi connectivity index (χ0n) is 12.7. The van der Waals surface area contributed by atoms with Gasteiger partial charge in [0, 0.05) is 18.4 Å². The van der Waals surface area contributed by atoms with E-state index in [2.05, 4.69) is 9.97 Å². The molecule has 1 amide bonds. The number of hydrogen-bond acceptors (Lipinski definition) is 5. The number of fused-ring (bicyclic) bond motifs is 1. The molecule has 0 aliphatic carbocycles. The Kier molecular flexibility index (Phi) is 3.82. The molecule has 7 heteroatoms. The molecule has 122 valence electrons. The minimum absolute atomic E-state index is 0.130. The highest BCUT2D eigenvalue weighted by molar-refractivity contribution is 6.30. The quantitative estimate of drug-likeness (QED) is 0.730. The summed E-state index contributed by atoms with van der Waals surface area (Å²) >= 11 is 5.75. The summed E-state index contributed by atoms with van der Waals surface area (Å²) in [6.45, 7) is 1.08. The first-order valence-electron chi connectivity index (χ1n) is 7.61. The lowest BCUT2D eigenvalue weighted by Crippen LogP contribution is -2.30. The molecule has 4 rings (SSSR count). The lowest BCUT2D eigenvalue weighted by molar-refractivity contribution is 0.0741. The molecule has 1 atom stereocenters. The van der Waals surface area contributed by atoms with Crippen LogP contribution in [0.25, 0.3) is 11.0 Å². The minimum atomic E-state index is -0.139. The molecule has 0 unspecified atom stereocenters. The zero-order chi connectivity index (χ0) is 16.5. The number of benzene rings is 1. The van der Waals surface area contributed by atoms with Crippen LogP contribution in [0.2, 0.25) is 5.02 Å². The Morgan fingerprint density at radius 1 is 1.29 bits per heavy atom. The molecule has 3 heterocycles. The highest BCUT2D eigenvalue weighted by Gasteiger charge is 2.30. The van der Waals surface area contributed by atoms with E-state index < -0.39 is 0 Å². The SMILES string of the molecule is O=C(c1cc2ccccc2o1)N1CC[C@H](Oc2ncc(Cl)cn2)C1. The van der Waals surface area contributed by atoms with Crippen LogP contribution in [0.5, 0.6) is 6.01 Å². The molecule has 6 nitrogen and oxygen atoms in total. The first-order valence-corrected chi connectivity index (χ1v) is 7.99. The maximum atomic E-state index is 12.6. The van der Waals surface area contributed by atoms with Crippen molar-refractivity contribution >= 4 is 28.5 Å². The van der Waals surface area contributed by atoms with Gasteiger partial charge in [0.05, 0.1) is 24.0 Å². The van der Waals surface area contributed by atoms with E-state index in [0.29, 0.717) is 29.5 Å². The molecule has 0 saturated carbocycles. The lowest BCUT2D eigenvalue weighted by atomic mass is 10.2. The topological polar surface area (TPSA) is 68.5 Å². The van der Waals surface area contributed by atoms with Crippen molar-refractivity contribution in [1.29, 1.82) is 0 Å². The highest BCUT2D eigenvalue weighted by atomic mass is 35.5. The number of nitrogens with zero attached hydrogens (tertiary/aromatic N) is 3. The summed E-state index contributed by atoms with van der Waals surface area (Å²) in [6.07, 6.45) is 3.55. The second kappa shape index (κ2) is 6.13. The monoisotopic (exact) mass is 343 g/mol. The van der Waals surface area contributed by atoms with Gasteiger partial charge >= 0.3 is 6.01 Å². The van der Waals surface area contributed by atoms with Crippen molar-refractivity contribution in [2.45, 2.75) is 12.5 Å². The highest BCUT2D eigenvalue weighted by Crippen LogP contribution is 2.23. The Hall–Kier alpha value is -2.60. The Bertz CT molecular complexity index is 845. The van der Waals surface area contributed by atoms with E-state index in [1.54, 1.807) is 11.0 Å². The maximum Gasteiger partial charge on any atom is 0.316 e. The Labute approximate surface area is 143 Å². The molecule has 24 heavy (non-hydrogen) atoms. The number of likely N-dealkylation sites (tertiary alicyclic amines) is 1. The fourth-order valence-electron chi connectivity index (χ4n) is 2.76. The number of halogens is 1. The van der Waals surface area contributed by atoms with Crippen molar-refractivity contribution in [3.05, 3.63) is 53.5 Å². The Morgan fingerprint density at radius 2 is 2.08 bits per heavy atom. The second-order valence-corrected chi connectivity index (χ2v) is 6.05. The third-order valence-electron chi connectivity index (χ3n) is 3.94. The number of para-hydroxylation sites is 1. The first kappa shape index (κ1) is 15.0. The molecular formula is C17H14ClN3O3. The Balaban J connectivity index is 1.44. The van der Waals surface area contributed by atoms with Crippen LogP contribution < -0.4 is 4.74 Å². The van der Waals surface area contributed by atoms with E-state index in [1.807, 2.05) is 24.3 Å². The standard InChI is InChI=1S/C17H14ClN3O3/c18-12-8-19-17(20-9-12)23-13-5-6-21(10-13)16(22)15-7-11-3-1-2-4-14(11)24-15/h1-4,7-9,13H,5-6,10H2/t13-/m0/s1. The van der Waals surface area contributed by atoms with Gasteiger partial charge in [-0.25, -0.2) is 9.97 Å². The van der Waals surface area contributed by atoms with Gasteiger partial charge in [-0.3, -0.25) is 4.79 Å². The molecule has 0 bridgehead atoms. The smallest absolute Gasteiger partial charge is 0.316 e. The summed E-state index contributed by atoms with van der Waals surface area (Å²) in [7, 11) is 0. The predicted molar refractivity (Wildman–Crippen MR) is 88.2 cm³/mol. The fourth-order valence-corrected chi connectivity index (χ4v) is 2.86. The number of aromatic nitrogens is 2. The van der Waals surface area contributed by atoms with Gasteiger partial charge in [-0.05, 0) is 12.1 Å². The third kappa shape index (κ3) is 2.92. The van der Waals surface area contributed by atoms with Crippen LogP contribution in [0.3, 0.4) is 0 Å². The van der Waals surface area contributed by atoms with Gasteiger partial charge in [-0.1, -0.05) is 29.8 Å². The number of furan rings is 1. The van der Waals surface area contributed by atoms with Gasteiger partial charge in [-0.15, -0.1) is 0 Å². The molecule has 1 aromatic carbocycles. The van der Waals surface area contributed by atoms with E-state index in [4.69, 9.17) is 20.8 Å². The number of carbonyl (C=O) groups excluding carboxylic acids is 1. The maximum absolute atomic E-state index is 12.6. The molecule has 1 aliphatic rings. The van der Waals surface area contributed by atoms with Gasteiger partial charge in [0.2, 0.25) is 0 Å². The van der Waals surface area contributed by atoms with E-state index in [1.165, 1.54) is 12.4 Å². The van der Waals surface area contributed by atoms with Crippen LogP contribution in [0.1, 0.15) is 17.0 Å². The minimum Gasteiger partial charge on any atom is -0.458 e. The summed E-state index contributed by atoms with van der Waals surface area (Å²) in [5.41, 5.74) is 0.711. The summed E-state index contributed by atoms with van der Waals surface area (Å²) in [4.78, 5) is 22.3. The largest absolute Gasteiger partial charge is 0.458 e. The van der Waals surface area contributed by atoms with E-state index in [9.17, 15) is 4.79 Å². The lowest BCUT2D eigenvalue weighted by Gasteiger charge is -2.15. The van der Waals surface area contributed by atoms with Crippen LogP contribution in [-0.2, 0) is 0 Å². The van der Waals surface area contributed by atoms with Crippen LogP contribution >= 0.6 is 11.6 Å². The van der Waals surface area contributed by atoms with Crippen LogP contribution in [0.15, 0.2) is 47.1 Å². The second-order valence-electron chi connectivity index (χ2n) is 5.61. The van der Waals surface area contributed by atoms with Crippen molar-refractivity contribution in [2.75, 3.05) is 13.1 Å². The zero-order valence-corrected chi connectivity index (χ0v) is 13.4. The molecule has 0 N–H and O–H groups in total. The average molecular weight is 344 g/mol. The number of ether oxygens (including phenoxy) is 1. The van der Waals surface area contributed by atoms with Crippen molar-refractivity contribution in [3.63, 3.8) is 0 Å². The van der Waals surface area contributed by atoms with Crippen molar-refractivity contribution in [2.24, 2.45) is 0 Å². The van der Waals surface area contributed by atoms with Crippen molar-refractivity contribution in [1.82, 2.24) is 14.9 Å². The van der Waals surface area contributed by atoms with Crippen molar-refractivity contribution in [3.8, 4) is 6.01 Å². The molecule has 1 aliphatic heterocycles. The summed E-state index contributed by atoms with van der Waals surface area (Å²) in [5.74, 6) is 0.217. The van der Waals surface area contributed by atoms with Gasteiger partial charge in [0.1, 0.15) is 11.7 Å². The fraction of sp³-hybridized carbons (Fsp3) is 0.235. The number of amides is 1. The molecule has 3 aromatic rings. The Morgan fingerprint density at radius 3 is 2.88 bits per heavy atom. The van der Waals surface area contributed by atoms with Gasteiger partial charge in [-0.2, -0.15) is 0 Å². The number of hydrogen-bond donors (Lipinski definition) is 0. The normalized spacial score (nSPS) is 17.4. The van der Waals surface area contributed by atoms with Gasteiger partial charge < -0.3 is 14.1 Å². The summed E-state index contributed by atoms with van der Waals surface area (Å²) < 4.78 is 11.3. The number of carbonyl (C=O) groups is 1. The summed E-state index contributed by atoms with van der Waals surface area (Å²) in [5, 5.41) is 1.37. The van der Waals surface area contributed by atoms with Crippen molar-refractivity contribution < 1.29 is 13.9 Å². The van der Waals surface area contributed by atoms with E-state index >= 15 is 0 Å². The van der Waals surface area contributed by atoms with E-state index in [-0.39, 0.29) is 18.0 Å². The summed E-state index contributed by atoms with van der Waals surface area (Å²) in [6, 6.07) is 9.60. The number of rotatable bonds is 3. The van der Waals surface area contributed by atoms with Crippen LogP contribution in [-0.4, -0.2) is 40.0 Å². The molecule has 0 radical (unpaired) electrons. The average Bonchev–Trinajstić information content (AvgIpc) is 3.23. The molecular weight excluding hydrogens is 330 g/mol. The van der Waals surface area contributed by atoms with Gasteiger partial charge in [0.15, 0.2) is 5.76 Å². The van der Waals surface area contributed by atoms with E-state index in [0.717, 1.165) is 11.8 Å².